The Morgan fingerprint density at radius 1 is 1.17 bits per heavy atom. The molecule has 0 unspecified atom stereocenters. The number of hydrogen-bond donors (Lipinski definition) is 4. The summed E-state index contributed by atoms with van der Waals surface area (Å²) in [4.78, 5) is 27.9. The largest absolute Gasteiger partial charge is 0.380 e. The molecule has 0 aromatic carbocycles. The summed E-state index contributed by atoms with van der Waals surface area (Å²) in [5, 5.41) is 14.8. The van der Waals surface area contributed by atoms with Crippen LogP contribution in [0.4, 0.5) is 23.3 Å². The Balaban J connectivity index is 2.61. The molecule has 0 saturated carbocycles. The molecule has 192 valence electrons. The van der Waals surface area contributed by atoms with Crippen LogP contribution in [-0.4, -0.2) is 74.1 Å². The number of aryl methyl sites for hydroxylation is 1. The van der Waals surface area contributed by atoms with Crippen LogP contribution in [-0.2, 0) is 19.6 Å². The van der Waals surface area contributed by atoms with E-state index in [9.17, 15) is 13.2 Å². The highest BCUT2D eigenvalue weighted by Gasteiger charge is 2.25. The van der Waals surface area contributed by atoms with Gasteiger partial charge in [0.15, 0.2) is 5.82 Å². The molecule has 0 bridgehead atoms. The minimum Gasteiger partial charge on any atom is -0.380 e. The summed E-state index contributed by atoms with van der Waals surface area (Å²) < 4.78 is 30.6. The van der Waals surface area contributed by atoms with E-state index in [1.165, 1.54) is 0 Å². The maximum Gasteiger partial charge on any atom is 0.284 e. The zero-order valence-corrected chi connectivity index (χ0v) is 21.6. The highest BCUT2D eigenvalue weighted by Crippen LogP contribution is 2.29. The fourth-order valence-electron chi connectivity index (χ4n) is 3.08. The number of ether oxygens (including phenoxy) is 1. The molecule has 0 atom stereocenters. The summed E-state index contributed by atoms with van der Waals surface area (Å²) in [5.74, 6) is -0.00797. The summed E-state index contributed by atoms with van der Waals surface area (Å²) in [6.45, 7) is 10.3. The van der Waals surface area contributed by atoms with Crippen molar-refractivity contribution in [2.75, 3.05) is 54.6 Å². The Labute approximate surface area is 206 Å². The van der Waals surface area contributed by atoms with E-state index in [4.69, 9.17) is 10.1 Å². The number of aromatic nitrogens is 3. The normalized spacial score (nSPS) is 11.1. The van der Waals surface area contributed by atoms with Gasteiger partial charge in [0.2, 0.25) is 16.0 Å². The van der Waals surface area contributed by atoms with Crippen LogP contribution in [0.1, 0.15) is 38.4 Å². The van der Waals surface area contributed by atoms with Crippen LogP contribution < -0.4 is 20.3 Å². The van der Waals surface area contributed by atoms with E-state index in [1.807, 2.05) is 49.4 Å². The van der Waals surface area contributed by atoms with Crippen LogP contribution in [0, 0.1) is 12.3 Å². The van der Waals surface area contributed by atoms with Crippen molar-refractivity contribution >= 4 is 44.9 Å². The number of nitrogens with one attached hydrogen (secondary N) is 4. The fraction of sp³-hybridized carbons (Fsp3) is 0.500. The molecular weight excluding hydrogens is 472 g/mol. The van der Waals surface area contributed by atoms with Crippen molar-refractivity contribution in [2.24, 2.45) is 0 Å². The SMILES string of the molecule is CCCOCCNc1c(Nc2cc(C)ccn2)nc(N(CC)CC)nc1C(=N)C(=O)NS(C)(=O)=O. The van der Waals surface area contributed by atoms with Crippen LogP contribution in [0.2, 0.25) is 0 Å². The lowest BCUT2D eigenvalue weighted by Gasteiger charge is -2.23. The van der Waals surface area contributed by atoms with Gasteiger partial charge in [-0.15, -0.1) is 0 Å². The van der Waals surface area contributed by atoms with E-state index < -0.39 is 21.6 Å². The van der Waals surface area contributed by atoms with E-state index in [-0.39, 0.29) is 17.3 Å². The van der Waals surface area contributed by atoms with Crippen molar-refractivity contribution in [3.8, 4) is 0 Å². The van der Waals surface area contributed by atoms with Gasteiger partial charge in [-0.3, -0.25) is 10.2 Å². The summed E-state index contributed by atoms with van der Waals surface area (Å²) >= 11 is 0. The average molecular weight is 507 g/mol. The van der Waals surface area contributed by atoms with Gasteiger partial charge in [-0.1, -0.05) is 6.92 Å². The van der Waals surface area contributed by atoms with E-state index in [0.29, 0.717) is 44.5 Å². The summed E-state index contributed by atoms with van der Waals surface area (Å²) in [6.07, 6.45) is 3.37. The number of anilines is 4. The number of amides is 1. The Morgan fingerprint density at radius 2 is 1.89 bits per heavy atom. The van der Waals surface area contributed by atoms with Crippen molar-refractivity contribution < 1.29 is 17.9 Å². The van der Waals surface area contributed by atoms with Crippen molar-refractivity contribution in [1.29, 1.82) is 5.41 Å². The molecule has 0 aliphatic carbocycles. The molecule has 1 amide bonds. The fourth-order valence-corrected chi connectivity index (χ4v) is 3.52. The van der Waals surface area contributed by atoms with Crippen LogP contribution in [0.25, 0.3) is 0 Å². The number of nitrogens with zero attached hydrogens (tertiary/aromatic N) is 4. The van der Waals surface area contributed by atoms with Gasteiger partial charge in [0.05, 0.1) is 12.9 Å². The zero-order valence-electron chi connectivity index (χ0n) is 20.8. The highest BCUT2D eigenvalue weighted by atomic mass is 32.2. The molecule has 0 fully saturated rings. The second-order valence-electron chi connectivity index (χ2n) is 7.73. The number of rotatable bonds is 14. The third-order valence-electron chi connectivity index (χ3n) is 4.74. The Morgan fingerprint density at radius 3 is 2.49 bits per heavy atom. The lowest BCUT2D eigenvalue weighted by atomic mass is 10.2. The maximum atomic E-state index is 12.6. The van der Waals surface area contributed by atoms with E-state index in [1.54, 1.807) is 6.20 Å². The molecule has 35 heavy (non-hydrogen) atoms. The minimum absolute atomic E-state index is 0.0475. The van der Waals surface area contributed by atoms with Crippen molar-refractivity contribution in [2.45, 2.75) is 34.1 Å². The van der Waals surface area contributed by atoms with Gasteiger partial charge in [0.1, 0.15) is 22.9 Å². The molecule has 0 spiro atoms. The molecule has 2 rings (SSSR count). The van der Waals surface area contributed by atoms with Crippen molar-refractivity contribution in [3.63, 3.8) is 0 Å². The zero-order chi connectivity index (χ0) is 26.0. The molecule has 13 heteroatoms. The number of sulfonamides is 1. The molecule has 12 nitrogen and oxygen atoms in total. The van der Waals surface area contributed by atoms with Crippen LogP contribution in [0.15, 0.2) is 18.3 Å². The van der Waals surface area contributed by atoms with Crippen molar-refractivity contribution in [1.82, 2.24) is 19.7 Å². The number of hydrogen-bond acceptors (Lipinski definition) is 11. The van der Waals surface area contributed by atoms with E-state index in [2.05, 4.69) is 25.6 Å². The highest BCUT2D eigenvalue weighted by molar-refractivity contribution is 7.89. The number of carbonyl (C=O) groups excluding carboxylic acids is 1. The maximum absolute atomic E-state index is 12.6. The van der Waals surface area contributed by atoms with Crippen LogP contribution in [0.5, 0.6) is 0 Å². The summed E-state index contributed by atoms with van der Waals surface area (Å²) in [6, 6.07) is 3.68. The summed E-state index contributed by atoms with van der Waals surface area (Å²) in [7, 11) is -3.88. The van der Waals surface area contributed by atoms with Crippen LogP contribution in [0.3, 0.4) is 0 Å². The lowest BCUT2D eigenvalue weighted by molar-refractivity contribution is -0.113. The summed E-state index contributed by atoms with van der Waals surface area (Å²) in [5.41, 5.74) is 0.568. The van der Waals surface area contributed by atoms with Crippen molar-refractivity contribution in [3.05, 3.63) is 29.6 Å². The third kappa shape index (κ3) is 8.44. The average Bonchev–Trinajstić information content (AvgIpc) is 2.79. The minimum atomic E-state index is -3.88. The molecule has 2 aromatic heterocycles. The molecule has 0 saturated heterocycles. The molecule has 4 N–H and O–H groups in total. The van der Waals surface area contributed by atoms with Gasteiger partial charge < -0.3 is 20.3 Å². The predicted octanol–water partition coefficient (Wildman–Crippen LogP) is 2.05. The lowest BCUT2D eigenvalue weighted by Crippen LogP contribution is -2.36. The van der Waals surface area contributed by atoms with Gasteiger partial charge in [0.25, 0.3) is 5.91 Å². The first-order valence-corrected chi connectivity index (χ1v) is 13.3. The molecule has 0 aliphatic rings. The molecule has 2 heterocycles. The second-order valence-corrected chi connectivity index (χ2v) is 9.48. The molecule has 0 aliphatic heterocycles. The number of carbonyl (C=O) groups is 1. The molecule has 0 radical (unpaired) electrons. The standard InChI is InChI=1S/C22H34N8O4S/c1-6-12-34-13-11-25-19-18(17(23)21(31)29-35(5,32)33)27-22(30(7-2)8-3)28-20(19)26-16-14-15(4)9-10-24-16/h9-10,14,23,25H,6-8,11-13H2,1-5H3,(H,29,31)(H,24,26,27,28). The van der Waals surface area contributed by atoms with E-state index in [0.717, 1.165) is 18.2 Å². The Bertz CT molecular complexity index is 1140. The van der Waals surface area contributed by atoms with Gasteiger partial charge in [-0.2, -0.15) is 4.98 Å². The smallest absolute Gasteiger partial charge is 0.284 e. The Kier molecular flexibility index (Phi) is 10.3. The van der Waals surface area contributed by atoms with E-state index >= 15 is 0 Å². The quantitative estimate of drug-likeness (QED) is 0.220. The topological polar surface area (TPSA) is 162 Å². The first-order valence-electron chi connectivity index (χ1n) is 11.4. The van der Waals surface area contributed by atoms with Crippen LogP contribution >= 0.6 is 0 Å². The van der Waals surface area contributed by atoms with Gasteiger partial charge in [-0.05, 0) is 44.9 Å². The Hall–Kier alpha value is -3.32. The monoisotopic (exact) mass is 506 g/mol. The first kappa shape index (κ1) is 27.9. The van der Waals surface area contributed by atoms with Gasteiger partial charge in [-0.25, -0.2) is 23.1 Å². The first-order chi connectivity index (χ1) is 16.6. The number of pyridine rings is 1. The van der Waals surface area contributed by atoms with Gasteiger partial charge in [0, 0.05) is 32.4 Å². The predicted molar refractivity (Wildman–Crippen MR) is 137 cm³/mol. The molecule has 2 aromatic rings. The van der Waals surface area contributed by atoms with Gasteiger partial charge >= 0.3 is 0 Å². The second kappa shape index (κ2) is 13.0. The molecular formula is C22H34N8O4S. The third-order valence-corrected chi connectivity index (χ3v) is 5.30.